The lowest BCUT2D eigenvalue weighted by Gasteiger charge is -2.42. The van der Waals surface area contributed by atoms with E-state index in [1.54, 1.807) is 36.4 Å². The summed E-state index contributed by atoms with van der Waals surface area (Å²) in [5.74, 6) is -2.98. The fourth-order valence-corrected chi connectivity index (χ4v) is 7.76. The van der Waals surface area contributed by atoms with Gasteiger partial charge in [-0.2, -0.15) is 0 Å². The molecule has 1 saturated heterocycles. The lowest BCUT2D eigenvalue weighted by atomic mass is 9.59. The Kier molecular flexibility index (Phi) is 7.17. The average molecular weight is 730 g/mol. The molecule has 3 aliphatic carbocycles. The number of benzene rings is 2. The van der Waals surface area contributed by atoms with Crippen LogP contribution >= 0.6 is 38.5 Å². The van der Waals surface area contributed by atoms with Crippen molar-refractivity contribution in [3.63, 3.8) is 0 Å². The Morgan fingerprint density at radius 2 is 1.78 bits per heavy atom. The highest BCUT2D eigenvalue weighted by Gasteiger charge is 2.56. The highest BCUT2D eigenvalue weighted by molar-refractivity contribution is 14.1. The normalized spacial score (nSPS) is 25.5. The number of hydrogen-bond donors (Lipinski definition) is 2. The van der Waals surface area contributed by atoms with Gasteiger partial charge in [-0.05, 0) is 99.1 Å². The molecule has 0 radical (unpaired) electrons. The van der Waals surface area contributed by atoms with Crippen LogP contribution in [0, 0.1) is 21.3 Å². The second-order valence-electron chi connectivity index (χ2n) is 10.7. The summed E-state index contributed by atoms with van der Waals surface area (Å²) < 4.78 is 6.09. The molecular weight excluding hydrogens is 705 g/mol. The van der Waals surface area contributed by atoms with Crippen LogP contribution in [0.1, 0.15) is 29.9 Å². The first-order valence-corrected chi connectivity index (χ1v) is 15.1. The molecule has 0 spiro atoms. The fourth-order valence-electron chi connectivity index (χ4n) is 6.69. The zero-order valence-electron chi connectivity index (χ0n) is 21.9. The molecule has 210 valence electrons. The number of ether oxygens (including phenoxy) is 1. The number of imide groups is 1. The topological polar surface area (TPSA) is 121 Å². The number of methoxy groups -OCH3 is 1. The van der Waals surface area contributed by atoms with Gasteiger partial charge in [0.1, 0.15) is 5.75 Å². The van der Waals surface area contributed by atoms with Crippen LogP contribution < -0.4 is 4.74 Å². The summed E-state index contributed by atoms with van der Waals surface area (Å²) in [4.78, 5) is 55.5. The molecule has 2 N–H and O–H groups in total. The number of phenols is 2. The van der Waals surface area contributed by atoms with Crippen LogP contribution in [0.25, 0.3) is 0 Å². The number of ketones is 2. The summed E-state index contributed by atoms with van der Waals surface area (Å²) >= 11 is 5.24. The molecule has 4 atom stereocenters. The van der Waals surface area contributed by atoms with E-state index in [1.165, 1.54) is 18.1 Å². The summed E-state index contributed by atoms with van der Waals surface area (Å²) in [5, 5.41) is 20.0. The lowest BCUT2D eigenvalue weighted by Crippen LogP contribution is -2.39. The number of fused-ring (bicyclic) bond motifs is 3. The number of halogens is 2. The van der Waals surface area contributed by atoms with Crippen molar-refractivity contribution in [1.82, 2.24) is 4.90 Å². The number of aromatic hydroxyl groups is 2. The van der Waals surface area contributed by atoms with Crippen molar-refractivity contribution in [2.75, 3.05) is 13.7 Å². The van der Waals surface area contributed by atoms with E-state index >= 15 is 0 Å². The maximum absolute atomic E-state index is 13.9. The Balaban J connectivity index is 1.40. The van der Waals surface area contributed by atoms with Gasteiger partial charge in [-0.25, -0.2) is 0 Å². The summed E-state index contributed by atoms with van der Waals surface area (Å²) in [7, 11) is 1.44. The van der Waals surface area contributed by atoms with Crippen molar-refractivity contribution >= 4 is 61.9 Å². The molecule has 8 nitrogen and oxygen atoms in total. The number of likely N-dealkylation sites (tertiary alicyclic amines) is 1. The molecular formula is C31H25BrINO7. The second kappa shape index (κ2) is 10.5. The van der Waals surface area contributed by atoms with Gasteiger partial charge >= 0.3 is 0 Å². The van der Waals surface area contributed by atoms with E-state index in [0.29, 0.717) is 33.1 Å². The highest BCUT2D eigenvalue weighted by Crippen LogP contribution is 2.56. The molecule has 6 rings (SSSR count). The number of nitrogens with zero attached hydrogens (tertiary/aromatic N) is 1. The molecule has 0 aromatic heterocycles. The molecule has 4 aliphatic rings. The van der Waals surface area contributed by atoms with Gasteiger partial charge in [-0.1, -0.05) is 23.8 Å². The number of Topliss-reactive ketones (excluding diaryl/α,β-unsaturated/α-hetero) is 1. The fraction of sp³-hybridized carbons (Fsp3) is 0.290. The first-order chi connectivity index (χ1) is 19.6. The van der Waals surface area contributed by atoms with Gasteiger partial charge < -0.3 is 14.9 Å². The van der Waals surface area contributed by atoms with Gasteiger partial charge in [0, 0.05) is 29.7 Å². The third-order valence-corrected chi connectivity index (χ3v) is 10.00. The van der Waals surface area contributed by atoms with Crippen LogP contribution in [0.5, 0.6) is 17.2 Å². The third-order valence-electron chi connectivity index (χ3n) is 8.59. The SMILES string of the molecule is COc1cc([C@H]2C3=CC[C@@H]4C(=O)N(CCc5ccc(O)cc5)C(=O)[C@@H]4[C@@H]3CC3=C2C(=O)C=C(Br)C3=O)cc(I)c1O. The molecule has 0 unspecified atom stereocenters. The zero-order chi connectivity index (χ0) is 29.2. The van der Waals surface area contributed by atoms with Gasteiger partial charge in [0.15, 0.2) is 23.1 Å². The van der Waals surface area contributed by atoms with E-state index < -0.39 is 23.7 Å². The largest absolute Gasteiger partial charge is 0.508 e. The Hall–Kier alpha value is -3.25. The van der Waals surface area contributed by atoms with Crippen LogP contribution in [-0.4, -0.2) is 52.1 Å². The number of carbonyl (C=O) groups is 4. The molecule has 2 aromatic carbocycles. The number of rotatable bonds is 5. The minimum absolute atomic E-state index is 0.0226. The third kappa shape index (κ3) is 4.55. The number of hydrogen-bond acceptors (Lipinski definition) is 7. The van der Waals surface area contributed by atoms with E-state index in [-0.39, 0.29) is 58.1 Å². The van der Waals surface area contributed by atoms with Crippen LogP contribution in [0.15, 0.2) is 69.8 Å². The molecule has 1 aliphatic heterocycles. The van der Waals surface area contributed by atoms with Gasteiger partial charge in [0.2, 0.25) is 11.8 Å². The van der Waals surface area contributed by atoms with E-state index in [0.717, 1.165) is 11.1 Å². The van der Waals surface area contributed by atoms with E-state index in [2.05, 4.69) is 15.9 Å². The molecule has 1 heterocycles. The highest BCUT2D eigenvalue weighted by atomic mass is 127. The minimum Gasteiger partial charge on any atom is -0.508 e. The van der Waals surface area contributed by atoms with E-state index in [9.17, 15) is 29.4 Å². The number of carbonyl (C=O) groups excluding carboxylic acids is 4. The lowest BCUT2D eigenvalue weighted by molar-refractivity contribution is -0.140. The average Bonchev–Trinajstić information content (AvgIpc) is 3.20. The maximum atomic E-state index is 13.9. The molecule has 2 amide bonds. The summed E-state index contributed by atoms with van der Waals surface area (Å²) in [6.07, 6.45) is 4.24. The standard InChI is InChI=1S/C31H25BrINO7/c1-41-24-11-15(10-22(33)29(24)38)25-17-6-7-18-26(19(17)12-20-27(25)23(36)13-21(32)28(20)37)31(40)34(30(18)39)9-8-14-2-4-16(35)5-3-14/h2-6,10-11,13,18-19,25-26,35,38H,7-9,12H2,1H3/t18-,19+,25-,26-/m0/s1. The molecule has 1 fully saturated rings. The van der Waals surface area contributed by atoms with Crippen molar-refractivity contribution < 1.29 is 34.1 Å². The van der Waals surface area contributed by atoms with Crippen molar-refractivity contribution in [2.24, 2.45) is 17.8 Å². The van der Waals surface area contributed by atoms with Crippen LogP contribution in [0.3, 0.4) is 0 Å². The number of phenolic OH excluding ortho intramolecular Hbond substituents is 2. The Morgan fingerprint density at radius 3 is 2.49 bits per heavy atom. The molecule has 10 heteroatoms. The monoisotopic (exact) mass is 729 g/mol. The Labute approximate surface area is 258 Å². The molecule has 0 saturated carbocycles. The first-order valence-electron chi connectivity index (χ1n) is 13.2. The second-order valence-corrected chi connectivity index (χ2v) is 12.7. The number of amides is 2. The Morgan fingerprint density at radius 1 is 1.05 bits per heavy atom. The minimum atomic E-state index is -0.649. The summed E-state index contributed by atoms with van der Waals surface area (Å²) in [6, 6.07) is 10.1. The van der Waals surface area contributed by atoms with Crippen LogP contribution in [0.2, 0.25) is 0 Å². The number of allylic oxidation sites excluding steroid dienone is 6. The molecule has 0 bridgehead atoms. The van der Waals surface area contributed by atoms with Crippen molar-refractivity contribution in [3.05, 3.63) is 84.4 Å². The van der Waals surface area contributed by atoms with E-state index in [4.69, 9.17) is 4.74 Å². The van der Waals surface area contributed by atoms with Crippen molar-refractivity contribution in [1.29, 1.82) is 0 Å². The maximum Gasteiger partial charge on any atom is 0.233 e. The van der Waals surface area contributed by atoms with Crippen LogP contribution in [-0.2, 0) is 25.6 Å². The Bertz CT molecular complexity index is 1620. The predicted octanol–water partition coefficient (Wildman–Crippen LogP) is 4.72. The van der Waals surface area contributed by atoms with Crippen molar-refractivity contribution in [3.8, 4) is 17.2 Å². The smallest absolute Gasteiger partial charge is 0.233 e. The molecule has 2 aromatic rings. The first kappa shape index (κ1) is 27.9. The predicted molar refractivity (Wildman–Crippen MR) is 160 cm³/mol. The quantitative estimate of drug-likeness (QED) is 0.198. The van der Waals surface area contributed by atoms with Crippen molar-refractivity contribution in [2.45, 2.75) is 25.2 Å². The van der Waals surface area contributed by atoms with Crippen LogP contribution in [0.4, 0.5) is 0 Å². The van der Waals surface area contributed by atoms with Gasteiger partial charge in [0.05, 0.1) is 27.0 Å². The van der Waals surface area contributed by atoms with Gasteiger partial charge in [0.25, 0.3) is 0 Å². The zero-order valence-corrected chi connectivity index (χ0v) is 25.6. The summed E-state index contributed by atoms with van der Waals surface area (Å²) in [5.41, 5.74) is 3.11. The van der Waals surface area contributed by atoms with Gasteiger partial charge in [-0.15, -0.1) is 0 Å². The van der Waals surface area contributed by atoms with Gasteiger partial charge in [-0.3, -0.25) is 24.1 Å². The molecule has 41 heavy (non-hydrogen) atoms. The summed E-state index contributed by atoms with van der Waals surface area (Å²) in [6.45, 7) is 0.216. The van der Waals surface area contributed by atoms with E-state index in [1.807, 2.05) is 28.7 Å².